The lowest BCUT2D eigenvalue weighted by molar-refractivity contribution is -0.384. The summed E-state index contributed by atoms with van der Waals surface area (Å²) in [6, 6.07) is 13.7. The van der Waals surface area contributed by atoms with Crippen LogP contribution in [0.5, 0.6) is 11.5 Å². The van der Waals surface area contributed by atoms with Crippen LogP contribution in [0.25, 0.3) is 6.08 Å². The van der Waals surface area contributed by atoms with Gasteiger partial charge in [-0.3, -0.25) is 10.1 Å². The van der Waals surface area contributed by atoms with E-state index in [-0.39, 0.29) is 40.3 Å². The molecule has 0 radical (unpaired) electrons. The summed E-state index contributed by atoms with van der Waals surface area (Å²) in [5.74, 6) is -0.303. The maximum atomic E-state index is 14.0. The lowest BCUT2D eigenvalue weighted by Gasteiger charge is -2.15. The standard InChI is InChI=1S/C25H17ClFIN2O6/c1-2-34-22-11-14(9-19(28)23(22)35-13-16-5-3-4-6-18(16)27)10-20-25(31)36-24(29-20)15-7-8-17(26)21(12-15)30(32)33/h3-12H,2,13H2,1H3/b20-10-. The quantitative estimate of drug-likeness (QED) is 0.0959. The summed E-state index contributed by atoms with van der Waals surface area (Å²) in [6.45, 7) is 2.18. The van der Waals surface area contributed by atoms with Gasteiger partial charge in [-0.15, -0.1) is 0 Å². The van der Waals surface area contributed by atoms with E-state index in [9.17, 15) is 19.3 Å². The molecule has 0 spiro atoms. The van der Waals surface area contributed by atoms with E-state index in [1.807, 2.05) is 6.92 Å². The number of carbonyl (C=O) groups excluding carboxylic acids is 1. The van der Waals surface area contributed by atoms with Crippen molar-refractivity contribution in [2.45, 2.75) is 13.5 Å². The Labute approximate surface area is 223 Å². The van der Waals surface area contributed by atoms with Gasteiger partial charge < -0.3 is 14.2 Å². The van der Waals surface area contributed by atoms with Crippen LogP contribution >= 0.6 is 34.2 Å². The number of halogens is 3. The molecule has 0 amide bonds. The van der Waals surface area contributed by atoms with E-state index in [1.165, 1.54) is 30.3 Å². The molecule has 36 heavy (non-hydrogen) atoms. The molecule has 0 aromatic heterocycles. The normalized spacial score (nSPS) is 13.9. The molecule has 0 fully saturated rings. The highest BCUT2D eigenvalue weighted by Crippen LogP contribution is 2.36. The van der Waals surface area contributed by atoms with Crippen molar-refractivity contribution in [3.05, 3.63) is 102 Å². The van der Waals surface area contributed by atoms with E-state index < -0.39 is 10.9 Å². The number of esters is 1. The van der Waals surface area contributed by atoms with Crippen LogP contribution in [0.3, 0.4) is 0 Å². The van der Waals surface area contributed by atoms with Gasteiger partial charge in [0, 0.05) is 17.2 Å². The Kier molecular flexibility index (Phi) is 7.85. The number of aliphatic imine (C=N–C) groups is 1. The number of ether oxygens (including phenoxy) is 3. The van der Waals surface area contributed by atoms with E-state index in [1.54, 1.807) is 30.3 Å². The molecule has 0 saturated heterocycles. The van der Waals surface area contributed by atoms with Crippen LogP contribution in [-0.4, -0.2) is 23.4 Å². The summed E-state index contributed by atoms with van der Waals surface area (Å²) in [4.78, 5) is 27.2. The lowest BCUT2D eigenvalue weighted by Crippen LogP contribution is -2.06. The molecule has 0 bridgehead atoms. The molecule has 1 aliphatic heterocycles. The van der Waals surface area contributed by atoms with E-state index in [0.717, 1.165) is 0 Å². The molecule has 0 unspecified atom stereocenters. The van der Waals surface area contributed by atoms with Crippen molar-refractivity contribution in [1.82, 2.24) is 0 Å². The Hall–Kier alpha value is -3.51. The molecular weight excluding hydrogens is 606 g/mol. The van der Waals surface area contributed by atoms with Gasteiger partial charge in [0.25, 0.3) is 5.69 Å². The van der Waals surface area contributed by atoms with Gasteiger partial charge in [-0.25, -0.2) is 14.2 Å². The number of benzene rings is 3. The lowest BCUT2D eigenvalue weighted by atomic mass is 10.1. The second-order valence-corrected chi connectivity index (χ2v) is 8.97. The van der Waals surface area contributed by atoms with E-state index in [0.29, 0.717) is 32.8 Å². The van der Waals surface area contributed by atoms with Crippen LogP contribution in [0, 0.1) is 19.5 Å². The first-order valence-electron chi connectivity index (χ1n) is 10.6. The first-order valence-corrected chi connectivity index (χ1v) is 12.0. The summed E-state index contributed by atoms with van der Waals surface area (Å²) >= 11 is 7.92. The minimum absolute atomic E-state index is 0.000812. The first-order chi connectivity index (χ1) is 17.3. The van der Waals surface area contributed by atoms with Gasteiger partial charge in [0.05, 0.1) is 15.1 Å². The third-order valence-electron chi connectivity index (χ3n) is 4.98. The second-order valence-electron chi connectivity index (χ2n) is 7.40. The summed E-state index contributed by atoms with van der Waals surface area (Å²) in [7, 11) is 0. The topological polar surface area (TPSA) is 100 Å². The van der Waals surface area contributed by atoms with Gasteiger partial charge in [0.2, 0.25) is 5.90 Å². The highest BCUT2D eigenvalue weighted by molar-refractivity contribution is 14.1. The van der Waals surface area contributed by atoms with E-state index >= 15 is 0 Å². The highest BCUT2D eigenvalue weighted by Gasteiger charge is 2.26. The van der Waals surface area contributed by atoms with Crippen LogP contribution in [0.4, 0.5) is 10.1 Å². The van der Waals surface area contributed by atoms with Crippen molar-refractivity contribution in [3.8, 4) is 11.5 Å². The maximum absolute atomic E-state index is 14.0. The largest absolute Gasteiger partial charge is 0.490 e. The van der Waals surface area contributed by atoms with Crippen LogP contribution in [0.2, 0.25) is 5.02 Å². The zero-order valence-corrected chi connectivity index (χ0v) is 21.6. The van der Waals surface area contributed by atoms with Crippen molar-refractivity contribution in [2.24, 2.45) is 4.99 Å². The number of nitrogens with zero attached hydrogens (tertiary/aromatic N) is 2. The summed E-state index contributed by atoms with van der Waals surface area (Å²) < 4.78 is 31.5. The fourth-order valence-electron chi connectivity index (χ4n) is 3.32. The van der Waals surface area contributed by atoms with Crippen LogP contribution in [0.15, 0.2) is 65.3 Å². The molecule has 3 aromatic carbocycles. The Balaban J connectivity index is 1.63. The maximum Gasteiger partial charge on any atom is 0.363 e. The molecule has 1 aliphatic rings. The Morgan fingerprint density at radius 2 is 1.97 bits per heavy atom. The zero-order valence-electron chi connectivity index (χ0n) is 18.7. The average molecular weight is 623 g/mol. The van der Waals surface area contributed by atoms with E-state index in [4.69, 9.17) is 25.8 Å². The Morgan fingerprint density at radius 3 is 2.69 bits per heavy atom. The molecular formula is C25H17ClFIN2O6. The van der Waals surface area contributed by atoms with E-state index in [2.05, 4.69) is 27.6 Å². The fraction of sp³-hybridized carbons (Fsp3) is 0.120. The van der Waals surface area contributed by atoms with Crippen LogP contribution in [0.1, 0.15) is 23.6 Å². The number of hydrogen-bond acceptors (Lipinski definition) is 7. The molecule has 3 aromatic rings. The summed E-state index contributed by atoms with van der Waals surface area (Å²) in [6.07, 6.45) is 1.50. The molecule has 0 atom stereocenters. The van der Waals surface area contributed by atoms with Crippen molar-refractivity contribution < 1.29 is 28.3 Å². The molecule has 0 N–H and O–H groups in total. The minimum Gasteiger partial charge on any atom is -0.490 e. The number of carbonyl (C=O) groups is 1. The van der Waals surface area contributed by atoms with Crippen molar-refractivity contribution in [2.75, 3.05) is 6.61 Å². The molecule has 11 heteroatoms. The van der Waals surface area contributed by atoms with Crippen molar-refractivity contribution in [1.29, 1.82) is 0 Å². The van der Waals surface area contributed by atoms with Gasteiger partial charge in [-0.1, -0.05) is 29.8 Å². The van der Waals surface area contributed by atoms with Crippen LogP contribution in [-0.2, 0) is 16.1 Å². The molecule has 184 valence electrons. The average Bonchev–Trinajstić information content (AvgIpc) is 3.20. The van der Waals surface area contributed by atoms with Crippen molar-refractivity contribution >= 4 is 57.8 Å². The second kappa shape index (κ2) is 11.0. The third kappa shape index (κ3) is 5.65. The van der Waals surface area contributed by atoms with Gasteiger partial charge in [-0.2, -0.15) is 0 Å². The molecule has 4 rings (SSSR count). The number of hydrogen-bond donors (Lipinski definition) is 0. The number of rotatable bonds is 8. The number of nitro benzene ring substituents is 1. The summed E-state index contributed by atoms with van der Waals surface area (Å²) in [5.41, 5.74) is 0.900. The molecule has 8 nitrogen and oxygen atoms in total. The number of nitro groups is 1. The first kappa shape index (κ1) is 25.6. The Bertz CT molecular complexity index is 1430. The van der Waals surface area contributed by atoms with Gasteiger partial charge >= 0.3 is 5.97 Å². The SMILES string of the molecule is CCOc1cc(/C=C2\N=C(c3ccc(Cl)c([N+](=O)[O-])c3)OC2=O)cc(I)c1OCc1ccccc1F. The molecule has 1 heterocycles. The monoisotopic (exact) mass is 622 g/mol. The van der Waals surface area contributed by atoms with Gasteiger partial charge in [0.1, 0.15) is 17.4 Å². The Morgan fingerprint density at radius 1 is 1.19 bits per heavy atom. The van der Waals surface area contributed by atoms with Gasteiger partial charge in [0.15, 0.2) is 17.2 Å². The third-order valence-corrected chi connectivity index (χ3v) is 6.10. The zero-order chi connectivity index (χ0) is 25.8. The minimum atomic E-state index is -0.713. The molecule has 0 aliphatic carbocycles. The smallest absolute Gasteiger partial charge is 0.363 e. The van der Waals surface area contributed by atoms with Crippen LogP contribution < -0.4 is 9.47 Å². The van der Waals surface area contributed by atoms with Crippen molar-refractivity contribution in [3.63, 3.8) is 0 Å². The van der Waals surface area contributed by atoms with Gasteiger partial charge in [-0.05, 0) is 71.5 Å². The summed E-state index contributed by atoms with van der Waals surface area (Å²) in [5, 5.41) is 11.1. The molecule has 0 saturated carbocycles. The predicted molar refractivity (Wildman–Crippen MR) is 140 cm³/mol. The number of cyclic esters (lactones) is 1. The fourth-order valence-corrected chi connectivity index (χ4v) is 4.28. The predicted octanol–water partition coefficient (Wildman–Crippen LogP) is 6.31. The highest BCUT2D eigenvalue weighted by atomic mass is 127.